The average molecular weight is 859 g/mol. The number of aromatic nitrogens is 4. The molecule has 67 heavy (non-hydrogen) atoms. The third kappa shape index (κ3) is 4.74. The fourth-order valence-electron chi connectivity index (χ4n) is 12.2. The molecule has 0 N–H and O–H groups in total. The number of rotatable bonds is 2. The second-order valence-corrected chi connectivity index (χ2v) is 21.2. The third-order valence-corrected chi connectivity index (χ3v) is 15.4. The molecule has 4 nitrogen and oxygen atoms in total. The van der Waals surface area contributed by atoms with E-state index in [1.165, 1.54) is 136 Å². The highest BCUT2D eigenvalue weighted by molar-refractivity contribution is 6.40. The van der Waals surface area contributed by atoms with Gasteiger partial charge in [-0.3, -0.25) is 4.40 Å². The zero-order valence-electron chi connectivity index (χ0n) is 38.5. The number of benzene rings is 9. The molecule has 0 bridgehead atoms. The van der Waals surface area contributed by atoms with Crippen LogP contribution in [-0.4, -0.2) is 18.4 Å². The van der Waals surface area contributed by atoms with Gasteiger partial charge in [0, 0.05) is 65.1 Å². The van der Waals surface area contributed by atoms with E-state index >= 15 is 0 Å². The molecule has 318 valence electrons. The molecular weight excluding hydrogens is 813 g/mol. The number of pyridine rings is 1. The Morgan fingerprint density at radius 3 is 1.76 bits per heavy atom. The second kappa shape index (κ2) is 12.5. The first-order valence-corrected chi connectivity index (χ1v) is 23.7. The Balaban J connectivity index is 1.14. The maximum absolute atomic E-state index is 5.66. The molecule has 15 rings (SSSR count). The summed E-state index contributed by atoms with van der Waals surface area (Å²) >= 11 is 0. The molecule has 6 heterocycles. The Kier molecular flexibility index (Phi) is 6.94. The number of fused-ring (bicyclic) bond motifs is 20. The van der Waals surface area contributed by atoms with E-state index in [2.05, 4.69) is 225 Å². The molecule has 15 aromatic rings. The summed E-state index contributed by atoms with van der Waals surface area (Å²) in [6.07, 6.45) is 2.18. The normalized spacial score (nSPS) is 13.2. The summed E-state index contributed by atoms with van der Waals surface area (Å²) in [6, 6.07) is 61.6. The molecule has 0 atom stereocenters. The van der Waals surface area contributed by atoms with Gasteiger partial charge in [-0.05, 0) is 116 Å². The monoisotopic (exact) mass is 858 g/mol. The highest BCUT2D eigenvalue weighted by Crippen LogP contribution is 2.51. The smallest absolute Gasteiger partial charge is 0.146 e. The number of hydrogen-bond donors (Lipinski definition) is 0. The van der Waals surface area contributed by atoms with Crippen LogP contribution in [0, 0.1) is 0 Å². The van der Waals surface area contributed by atoms with Gasteiger partial charge in [0.15, 0.2) is 0 Å². The summed E-state index contributed by atoms with van der Waals surface area (Å²) in [5.41, 5.74) is 15.6. The van der Waals surface area contributed by atoms with Crippen LogP contribution in [0.1, 0.15) is 52.7 Å². The van der Waals surface area contributed by atoms with Crippen LogP contribution in [0.25, 0.3) is 136 Å². The lowest BCUT2D eigenvalue weighted by molar-refractivity contribution is 0.591. The van der Waals surface area contributed by atoms with Gasteiger partial charge in [-0.25, -0.2) is 4.98 Å². The van der Waals surface area contributed by atoms with Gasteiger partial charge >= 0.3 is 0 Å². The lowest BCUT2D eigenvalue weighted by atomic mass is 9.83. The van der Waals surface area contributed by atoms with Crippen molar-refractivity contribution in [3.8, 4) is 16.8 Å². The number of para-hydroxylation sites is 2. The van der Waals surface area contributed by atoms with Gasteiger partial charge < -0.3 is 8.97 Å². The molecule has 0 saturated carbocycles. The molecule has 6 aromatic heterocycles. The van der Waals surface area contributed by atoms with E-state index in [0.717, 1.165) is 11.2 Å². The van der Waals surface area contributed by atoms with Crippen molar-refractivity contribution in [3.63, 3.8) is 0 Å². The maximum Gasteiger partial charge on any atom is 0.146 e. The fraction of sp³-hybridized carbons (Fsp3) is 0.127. The average Bonchev–Trinajstić information content (AvgIpc) is 4.13. The number of nitrogens with zero attached hydrogens (tertiary/aromatic N) is 4. The fourth-order valence-corrected chi connectivity index (χ4v) is 12.2. The van der Waals surface area contributed by atoms with Crippen molar-refractivity contribution in [3.05, 3.63) is 181 Å². The Bertz CT molecular complexity index is 4620. The predicted octanol–water partition coefficient (Wildman–Crippen LogP) is 17.0. The summed E-state index contributed by atoms with van der Waals surface area (Å²) < 4.78 is 7.48. The highest BCUT2D eigenvalue weighted by atomic mass is 15.0. The topological polar surface area (TPSA) is 26.6 Å². The number of hydrogen-bond acceptors (Lipinski definition) is 1. The molecule has 0 aliphatic carbocycles. The second-order valence-electron chi connectivity index (χ2n) is 21.2. The van der Waals surface area contributed by atoms with E-state index in [9.17, 15) is 0 Å². The van der Waals surface area contributed by atoms with Crippen molar-refractivity contribution in [1.82, 2.24) is 18.4 Å². The van der Waals surface area contributed by atoms with Gasteiger partial charge in [-0.1, -0.05) is 139 Å². The minimum Gasteiger partial charge on any atom is -0.309 e. The standard InChI is InChI=1S/C63H46N4/c1-62(2,3)38-30-44(37-25-26-51-45(28-37)43-22-14-15-23-50(43)65(51)40-18-8-7-9-19-40)58-46(31-38)47-32-39(63(4,5)6)33-49-56-57-53(34-64-61(56)67(58)59(47)49)66-52-27-24-35-16-10-12-20-41(35)54(52)48-29-36-17-11-13-21-42(36)55(57)60(48)66/h7-34H,1-6H3. The minimum atomic E-state index is -0.0923. The van der Waals surface area contributed by atoms with Gasteiger partial charge in [0.05, 0.1) is 44.8 Å². The Hall–Kier alpha value is -7.95. The molecule has 0 unspecified atom stereocenters. The molecule has 0 aliphatic heterocycles. The van der Waals surface area contributed by atoms with Crippen LogP contribution in [0.4, 0.5) is 0 Å². The van der Waals surface area contributed by atoms with Gasteiger partial charge in [0.25, 0.3) is 0 Å². The van der Waals surface area contributed by atoms with Crippen molar-refractivity contribution in [2.75, 3.05) is 0 Å². The van der Waals surface area contributed by atoms with Crippen LogP contribution in [0.15, 0.2) is 170 Å². The van der Waals surface area contributed by atoms with Gasteiger partial charge in [-0.2, -0.15) is 0 Å². The SMILES string of the molecule is CC(C)(C)c1cc(-c2ccc3c(c2)c2ccccc2n3-c2ccccc2)c2c(c1)c1cc(C(C)(C)C)cc3c4c5c6c7ccccc7cc7c8c9ccccc9ccc8n(c5cnc4n2c13)c76. The lowest BCUT2D eigenvalue weighted by Gasteiger charge is -2.22. The zero-order valence-corrected chi connectivity index (χ0v) is 38.5. The van der Waals surface area contributed by atoms with E-state index in [4.69, 9.17) is 4.98 Å². The van der Waals surface area contributed by atoms with Crippen LogP contribution in [-0.2, 0) is 10.8 Å². The van der Waals surface area contributed by atoms with Crippen LogP contribution >= 0.6 is 0 Å². The predicted molar refractivity (Wildman–Crippen MR) is 286 cm³/mol. The third-order valence-electron chi connectivity index (χ3n) is 15.4. The van der Waals surface area contributed by atoms with E-state index in [1.54, 1.807) is 0 Å². The molecular formula is C63H46N4. The van der Waals surface area contributed by atoms with E-state index in [-0.39, 0.29) is 10.8 Å². The Morgan fingerprint density at radius 2 is 0.985 bits per heavy atom. The van der Waals surface area contributed by atoms with Crippen molar-refractivity contribution in [1.29, 1.82) is 0 Å². The van der Waals surface area contributed by atoms with Crippen molar-refractivity contribution in [2.45, 2.75) is 52.4 Å². The Morgan fingerprint density at radius 1 is 0.373 bits per heavy atom. The molecule has 0 aliphatic rings. The van der Waals surface area contributed by atoms with Gasteiger partial charge in [-0.15, -0.1) is 0 Å². The molecule has 4 heteroatoms. The Labute approximate surface area is 386 Å². The van der Waals surface area contributed by atoms with E-state index < -0.39 is 0 Å². The summed E-state index contributed by atoms with van der Waals surface area (Å²) in [5.74, 6) is 0. The van der Waals surface area contributed by atoms with Gasteiger partial charge in [0.2, 0.25) is 0 Å². The van der Waals surface area contributed by atoms with Crippen LogP contribution in [0.5, 0.6) is 0 Å². The van der Waals surface area contributed by atoms with E-state index in [0.29, 0.717) is 0 Å². The summed E-state index contributed by atoms with van der Waals surface area (Å²) in [6.45, 7) is 14.1. The molecule has 0 radical (unpaired) electrons. The lowest BCUT2D eigenvalue weighted by Crippen LogP contribution is -2.11. The molecule has 0 saturated heterocycles. The largest absolute Gasteiger partial charge is 0.309 e. The molecule has 0 amide bonds. The minimum absolute atomic E-state index is 0.0856. The quantitative estimate of drug-likeness (QED) is 0.170. The summed E-state index contributed by atoms with van der Waals surface area (Å²) in [4.78, 5) is 5.66. The van der Waals surface area contributed by atoms with E-state index in [1.807, 2.05) is 0 Å². The highest BCUT2D eigenvalue weighted by Gasteiger charge is 2.30. The summed E-state index contributed by atoms with van der Waals surface area (Å²) in [5, 5.41) is 17.8. The summed E-state index contributed by atoms with van der Waals surface area (Å²) in [7, 11) is 0. The zero-order chi connectivity index (χ0) is 44.8. The first kappa shape index (κ1) is 37.3. The van der Waals surface area contributed by atoms with Crippen molar-refractivity contribution >= 4 is 120 Å². The maximum atomic E-state index is 5.66. The van der Waals surface area contributed by atoms with Crippen molar-refractivity contribution in [2.24, 2.45) is 0 Å². The first-order valence-electron chi connectivity index (χ1n) is 23.7. The van der Waals surface area contributed by atoms with Crippen molar-refractivity contribution < 1.29 is 0 Å². The molecule has 0 fully saturated rings. The van der Waals surface area contributed by atoms with Gasteiger partial charge in [0.1, 0.15) is 5.65 Å². The van der Waals surface area contributed by atoms with Crippen LogP contribution in [0.3, 0.4) is 0 Å². The molecule has 9 aromatic carbocycles. The molecule has 0 spiro atoms. The first-order chi connectivity index (χ1) is 32.5. The van der Waals surface area contributed by atoms with Crippen LogP contribution < -0.4 is 0 Å². The van der Waals surface area contributed by atoms with Crippen LogP contribution in [0.2, 0.25) is 0 Å².